The molecule has 1 aliphatic rings. The molecule has 192 valence electrons. The van der Waals surface area contributed by atoms with Crippen LogP contribution in [0, 0.1) is 21.4 Å². The van der Waals surface area contributed by atoms with Crippen molar-refractivity contribution in [1.29, 1.82) is 5.26 Å². The van der Waals surface area contributed by atoms with E-state index in [0.29, 0.717) is 39.1 Å². The minimum absolute atomic E-state index is 0.00616. The smallest absolute Gasteiger partial charge is 0.269 e. The normalized spacial score (nSPS) is 14.9. The summed E-state index contributed by atoms with van der Waals surface area (Å²) in [6.07, 6.45) is 0. The maximum absolute atomic E-state index is 13.7. The molecule has 38 heavy (non-hydrogen) atoms. The van der Waals surface area contributed by atoms with Gasteiger partial charge in [-0.25, -0.2) is 0 Å². The highest BCUT2D eigenvalue weighted by Crippen LogP contribution is 2.44. The lowest BCUT2D eigenvalue weighted by atomic mass is 9.82. The highest BCUT2D eigenvalue weighted by molar-refractivity contribution is 9.10. The highest BCUT2D eigenvalue weighted by atomic mass is 79.9. The Kier molecular flexibility index (Phi) is 8.51. The number of ether oxygens (including phenoxy) is 1. The van der Waals surface area contributed by atoms with E-state index >= 15 is 0 Å². The van der Waals surface area contributed by atoms with Gasteiger partial charge in [0, 0.05) is 33.6 Å². The number of rotatable bonds is 8. The van der Waals surface area contributed by atoms with Crippen molar-refractivity contribution in [3.8, 4) is 11.8 Å². The number of para-hydroxylation sites is 2. The molecule has 0 aliphatic carbocycles. The van der Waals surface area contributed by atoms with E-state index in [1.807, 2.05) is 30.3 Å². The van der Waals surface area contributed by atoms with Crippen LogP contribution in [-0.4, -0.2) is 17.9 Å². The average Bonchev–Trinajstić information content (AvgIpc) is 2.92. The number of allylic oxidation sites excluding steroid dienone is 2. The number of nitrogens with one attached hydrogen (secondary N) is 2. The maximum Gasteiger partial charge on any atom is 0.269 e. The van der Waals surface area contributed by atoms with E-state index in [-0.39, 0.29) is 11.6 Å². The number of carbonyl (C=O) groups excluding carboxylic acids is 1. The van der Waals surface area contributed by atoms with Crippen molar-refractivity contribution in [1.82, 2.24) is 5.32 Å². The third-order valence-electron chi connectivity index (χ3n) is 5.97. The second kappa shape index (κ2) is 12.0. The van der Waals surface area contributed by atoms with E-state index in [2.05, 4.69) is 32.6 Å². The molecule has 0 saturated carbocycles. The SMILES string of the molecule is COc1ccccc1NC(=O)C1=C(C)NC(SCc2cccc([N+](=O)[O-])c2)=C(C#N)C1c1ccccc1Br. The van der Waals surface area contributed by atoms with E-state index in [1.165, 1.54) is 31.0 Å². The molecule has 3 aromatic rings. The van der Waals surface area contributed by atoms with Crippen LogP contribution in [0.5, 0.6) is 5.75 Å². The Labute approximate surface area is 232 Å². The molecular weight excluding hydrogens is 568 g/mol. The van der Waals surface area contributed by atoms with Crippen molar-refractivity contribution < 1.29 is 14.5 Å². The van der Waals surface area contributed by atoms with Gasteiger partial charge in [0.1, 0.15) is 5.75 Å². The van der Waals surface area contributed by atoms with Crippen LogP contribution in [0.2, 0.25) is 0 Å². The minimum Gasteiger partial charge on any atom is -0.495 e. The van der Waals surface area contributed by atoms with Crippen molar-refractivity contribution in [3.05, 3.63) is 120 Å². The number of methoxy groups -OCH3 is 1. The number of amides is 1. The number of hydrogen-bond acceptors (Lipinski definition) is 7. The molecule has 0 bridgehead atoms. The van der Waals surface area contributed by atoms with Gasteiger partial charge in [0.05, 0.1) is 40.3 Å². The monoisotopic (exact) mass is 590 g/mol. The predicted octanol–water partition coefficient (Wildman–Crippen LogP) is 6.63. The standard InChI is InChI=1S/C28H23BrN4O4S/c1-17-25(27(34)32-23-12-5-6-13-24(23)37-2)26(20-10-3-4-11-22(20)29)21(15-30)28(31-17)38-16-18-8-7-9-19(14-18)33(35)36/h3-14,26,31H,16H2,1-2H3,(H,32,34). The number of nitro benzene ring substituents is 1. The number of thioether (sulfide) groups is 1. The topological polar surface area (TPSA) is 117 Å². The van der Waals surface area contributed by atoms with E-state index in [4.69, 9.17) is 4.74 Å². The Bertz CT molecular complexity index is 1510. The lowest BCUT2D eigenvalue weighted by Crippen LogP contribution is -2.31. The van der Waals surface area contributed by atoms with E-state index in [9.17, 15) is 20.2 Å². The van der Waals surface area contributed by atoms with Crippen molar-refractivity contribution in [2.75, 3.05) is 12.4 Å². The summed E-state index contributed by atoms with van der Waals surface area (Å²) >= 11 is 4.95. The van der Waals surface area contributed by atoms with E-state index < -0.39 is 10.8 Å². The van der Waals surface area contributed by atoms with Crippen LogP contribution >= 0.6 is 27.7 Å². The number of carbonyl (C=O) groups is 1. The number of nitriles is 1. The van der Waals surface area contributed by atoms with Gasteiger partial charge in [0.15, 0.2) is 0 Å². The van der Waals surface area contributed by atoms with Crippen LogP contribution in [0.25, 0.3) is 0 Å². The van der Waals surface area contributed by atoms with Gasteiger partial charge in [0.25, 0.3) is 11.6 Å². The fraction of sp³-hybridized carbons (Fsp3) is 0.143. The second-order valence-corrected chi connectivity index (χ2v) is 10.2. The molecule has 10 heteroatoms. The summed E-state index contributed by atoms with van der Waals surface area (Å²) in [4.78, 5) is 24.5. The number of anilines is 1. The zero-order chi connectivity index (χ0) is 27.2. The number of nitro groups is 1. The highest BCUT2D eigenvalue weighted by Gasteiger charge is 2.36. The molecule has 0 saturated heterocycles. The quantitative estimate of drug-likeness (QED) is 0.223. The van der Waals surface area contributed by atoms with Crippen LogP contribution < -0.4 is 15.4 Å². The molecule has 0 spiro atoms. The largest absolute Gasteiger partial charge is 0.495 e. The Morgan fingerprint density at radius 1 is 1.18 bits per heavy atom. The molecule has 3 aromatic carbocycles. The van der Waals surface area contributed by atoms with Gasteiger partial charge in [-0.2, -0.15) is 5.26 Å². The summed E-state index contributed by atoms with van der Waals surface area (Å²) in [7, 11) is 1.53. The number of non-ortho nitro benzene ring substituents is 1. The van der Waals surface area contributed by atoms with Crippen molar-refractivity contribution in [3.63, 3.8) is 0 Å². The third kappa shape index (κ3) is 5.74. The van der Waals surface area contributed by atoms with Crippen LogP contribution in [0.4, 0.5) is 11.4 Å². The second-order valence-electron chi connectivity index (χ2n) is 8.34. The Hall–Kier alpha value is -4.07. The summed E-state index contributed by atoms with van der Waals surface area (Å²) < 4.78 is 6.15. The Morgan fingerprint density at radius 2 is 1.92 bits per heavy atom. The predicted molar refractivity (Wildman–Crippen MR) is 151 cm³/mol. The number of nitrogens with zero attached hydrogens (tertiary/aromatic N) is 2. The average molecular weight is 591 g/mol. The van der Waals surface area contributed by atoms with Gasteiger partial charge in [-0.1, -0.05) is 58.4 Å². The fourth-order valence-corrected chi connectivity index (χ4v) is 5.75. The van der Waals surface area contributed by atoms with Crippen LogP contribution in [0.3, 0.4) is 0 Å². The summed E-state index contributed by atoms with van der Waals surface area (Å²) in [5.74, 6) is -0.104. The molecule has 1 amide bonds. The van der Waals surface area contributed by atoms with Gasteiger partial charge in [-0.3, -0.25) is 14.9 Å². The minimum atomic E-state index is -0.654. The Morgan fingerprint density at radius 3 is 2.63 bits per heavy atom. The molecule has 4 rings (SSSR count). The van der Waals surface area contributed by atoms with Crippen molar-refractivity contribution in [2.24, 2.45) is 0 Å². The number of dihydropyridines is 1. The van der Waals surface area contributed by atoms with Crippen molar-refractivity contribution in [2.45, 2.75) is 18.6 Å². The molecule has 1 heterocycles. The summed E-state index contributed by atoms with van der Waals surface area (Å²) in [6, 6.07) is 23.3. The molecule has 1 aliphatic heterocycles. The lowest BCUT2D eigenvalue weighted by Gasteiger charge is -2.30. The molecule has 1 atom stereocenters. The summed E-state index contributed by atoms with van der Waals surface area (Å²) in [6.45, 7) is 1.79. The zero-order valence-electron chi connectivity index (χ0n) is 20.5. The summed E-state index contributed by atoms with van der Waals surface area (Å²) in [5.41, 5.74) is 3.41. The van der Waals surface area contributed by atoms with Gasteiger partial charge in [-0.05, 0) is 36.2 Å². The summed E-state index contributed by atoms with van der Waals surface area (Å²) in [5, 5.41) is 28.3. The van der Waals surface area contributed by atoms with Crippen LogP contribution in [0.15, 0.2) is 99.1 Å². The van der Waals surface area contributed by atoms with Gasteiger partial charge in [-0.15, -0.1) is 11.8 Å². The maximum atomic E-state index is 13.7. The molecule has 0 aromatic heterocycles. The third-order valence-corrected chi connectivity index (χ3v) is 7.78. The number of benzene rings is 3. The van der Waals surface area contributed by atoms with Gasteiger partial charge >= 0.3 is 0 Å². The van der Waals surface area contributed by atoms with Gasteiger partial charge < -0.3 is 15.4 Å². The van der Waals surface area contributed by atoms with Crippen molar-refractivity contribution >= 4 is 45.0 Å². The first-order valence-corrected chi connectivity index (χ1v) is 13.3. The molecule has 0 fully saturated rings. The van der Waals surface area contributed by atoms with E-state index in [0.717, 1.165) is 15.6 Å². The number of hydrogen-bond donors (Lipinski definition) is 2. The lowest BCUT2D eigenvalue weighted by molar-refractivity contribution is -0.384. The van der Waals surface area contributed by atoms with E-state index in [1.54, 1.807) is 37.3 Å². The first-order valence-electron chi connectivity index (χ1n) is 11.5. The first-order chi connectivity index (χ1) is 18.3. The Balaban J connectivity index is 1.73. The first kappa shape index (κ1) is 27.0. The molecule has 0 radical (unpaired) electrons. The van der Waals surface area contributed by atoms with Gasteiger partial charge in [0.2, 0.25) is 0 Å². The molecule has 8 nitrogen and oxygen atoms in total. The van der Waals surface area contributed by atoms with Crippen LogP contribution in [0.1, 0.15) is 24.0 Å². The molecule has 2 N–H and O–H groups in total. The molecular formula is C28H23BrN4O4S. The molecule has 1 unspecified atom stereocenters. The number of halogens is 1. The fourth-order valence-electron chi connectivity index (χ4n) is 4.20. The van der Waals surface area contributed by atoms with Crippen LogP contribution in [-0.2, 0) is 10.5 Å². The zero-order valence-corrected chi connectivity index (χ0v) is 22.9.